The minimum atomic E-state index is -2.63. The summed E-state index contributed by atoms with van der Waals surface area (Å²) in [6.45, 7) is 3.40. The van der Waals surface area contributed by atoms with Crippen LogP contribution in [0.1, 0.15) is 5.56 Å². The number of carbonyl (C=O) groups is 1. The molecular formula is C13H18NO4P. The molecule has 0 saturated carbocycles. The van der Waals surface area contributed by atoms with Gasteiger partial charge in [0.15, 0.2) is 5.34 Å². The predicted molar refractivity (Wildman–Crippen MR) is 72.6 cm³/mol. The third kappa shape index (κ3) is 2.99. The molecule has 0 aliphatic carbocycles. The Morgan fingerprint density at radius 1 is 1.37 bits per heavy atom. The number of nitrogens with zero attached hydrogens (tertiary/aromatic N) is 1. The van der Waals surface area contributed by atoms with Crippen molar-refractivity contribution in [3.8, 4) is 0 Å². The van der Waals surface area contributed by atoms with Crippen LogP contribution >= 0.6 is 7.14 Å². The molecule has 0 spiro atoms. The number of aliphatic hydroxyl groups is 1. The Kier molecular flexibility index (Phi) is 3.70. The molecule has 0 aromatic heterocycles. The highest BCUT2D eigenvalue weighted by molar-refractivity contribution is 7.63. The second-order valence-electron chi connectivity index (χ2n) is 5.23. The molecule has 0 atom stereocenters. The standard InChI is InChI=1S/C13H18NO4P/c1-19(2,17)13(16)9-14(10-13)12(15)18-8-11-6-4-3-5-7-11/h3-7,16H,8-10H2,1-2H3. The summed E-state index contributed by atoms with van der Waals surface area (Å²) < 4.78 is 17.0. The Labute approximate surface area is 112 Å². The number of likely N-dealkylation sites (tertiary alicyclic amines) is 1. The third-order valence-electron chi connectivity index (χ3n) is 3.35. The molecule has 1 aliphatic heterocycles. The van der Waals surface area contributed by atoms with E-state index < -0.39 is 18.6 Å². The number of hydrogen-bond donors (Lipinski definition) is 1. The van der Waals surface area contributed by atoms with Crippen molar-refractivity contribution in [1.82, 2.24) is 4.90 Å². The van der Waals surface area contributed by atoms with Crippen molar-refractivity contribution in [2.45, 2.75) is 11.9 Å². The lowest BCUT2D eigenvalue weighted by Gasteiger charge is -2.47. The second-order valence-corrected chi connectivity index (χ2v) is 8.76. The van der Waals surface area contributed by atoms with Crippen molar-refractivity contribution in [1.29, 1.82) is 0 Å². The Balaban J connectivity index is 1.83. The third-order valence-corrected chi connectivity index (χ3v) is 5.64. The molecule has 6 heteroatoms. The van der Waals surface area contributed by atoms with Gasteiger partial charge in [-0.3, -0.25) is 0 Å². The maximum absolute atomic E-state index is 11.8. The largest absolute Gasteiger partial charge is 0.445 e. The molecule has 1 saturated heterocycles. The summed E-state index contributed by atoms with van der Waals surface area (Å²) in [6, 6.07) is 9.37. The summed E-state index contributed by atoms with van der Waals surface area (Å²) in [7, 11) is -2.63. The van der Waals surface area contributed by atoms with Crippen LogP contribution in [0.3, 0.4) is 0 Å². The van der Waals surface area contributed by atoms with Gasteiger partial charge in [0.05, 0.1) is 13.1 Å². The minimum absolute atomic E-state index is 0.0743. The molecule has 1 aliphatic rings. The van der Waals surface area contributed by atoms with Crippen LogP contribution in [0.15, 0.2) is 30.3 Å². The maximum Gasteiger partial charge on any atom is 0.410 e. The molecule has 0 radical (unpaired) electrons. The lowest BCUT2D eigenvalue weighted by molar-refractivity contribution is -0.0337. The molecule has 1 heterocycles. The Morgan fingerprint density at radius 2 is 1.95 bits per heavy atom. The van der Waals surface area contributed by atoms with E-state index in [1.165, 1.54) is 18.2 Å². The van der Waals surface area contributed by atoms with Crippen LogP contribution in [0.2, 0.25) is 0 Å². The van der Waals surface area contributed by atoms with Gasteiger partial charge in [-0.1, -0.05) is 30.3 Å². The summed E-state index contributed by atoms with van der Waals surface area (Å²) in [4.78, 5) is 13.1. The predicted octanol–water partition coefficient (Wildman–Crippen LogP) is 1.95. The topological polar surface area (TPSA) is 66.8 Å². The van der Waals surface area contributed by atoms with E-state index in [1.807, 2.05) is 30.3 Å². The number of β-amino-alcohol motifs (C(OH)–C–C–N with tert-alkyl or cyclic N) is 1. The summed E-state index contributed by atoms with van der Waals surface area (Å²) in [6.07, 6.45) is -0.484. The van der Waals surface area contributed by atoms with E-state index in [1.54, 1.807) is 0 Å². The lowest BCUT2D eigenvalue weighted by Crippen LogP contribution is -2.62. The molecular weight excluding hydrogens is 265 g/mol. The van der Waals surface area contributed by atoms with Crippen LogP contribution in [-0.4, -0.2) is 47.9 Å². The Morgan fingerprint density at radius 3 is 2.47 bits per heavy atom. The number of carbonyl (C=O) groups excluding carboxylic acids is 1. The first kappa shape index (κ1) is 14.1. The summed E-state index contributed by atoms with van der Waals surface area (Å²) in [5.41, 5.74) is 0.906. The second kappa shape index (κ2) is 4.99. The highest BCUT2D eigenvalue weighted by atomic mass is 31.2. The minimum Gasteiger partial charge on any atom is -0.445 e. The zero-order chi connectivity index (χ0) is 14.1. The van der Waals surface area contributed by atoms with Crippen molar-refractivity contribution in [3.63, 3.8) is 0 Å². The van der Waals surface area contributed by atoms with Gasteiger partial charge in [0.25, 0.3) is 0 Å². The summed E-state index contributed by atoms with van der Waals surface area (Å²) in [5, 5.41) is 8.79. The molecule has 104 valence electrons. The molecule has 19 heavy (non-hydrogen) atoms. The zero-order valence-electron chi connectivity index (χ0n) is 11.1. The molecule has 1 amide bonds. The van der Waals surface area contributed by atoms with Gasteiger partial charge < -0.3 is 19.3 Å². The van der Waals surface area contributed by atoms with Crippen LogP contribution < -0.4 is 0 Å². The van der Waals surface area contributed by atoms with E-state index in [4.69, 9.17) is 4.74 Å². The quantitative estimate of drug-likeness (QED) is 0.861. The van der Waals surface area contributed by atoms with Crippen LogP contribution in [0.4, 0.5) is 4.79 Å². The SMILES string of the molecule is CP(C)(=O)C1(O)CN(C(=O)OCc2ccccc2)C1. The number of rotatable bonds is 3. The van der Waals surface area contributed by atoms with E-state index in [0.717, 1.165) is 5.56 Å². The average molecular weight is 283 g/mol. The van der Waals surface area contributed by atoms with E-state index in [0.29, 0.717) is 0 Å². The number of ether oxygens (including phenoxy) is 1. The van der Waals surface area contributed by atoms with Crippen molar-refractivity contribution in [2.24, 2.45) is 0 Å². The molecule has 0 unspecified atom stereocenters. The smallest absolute Gasteiger partial charge is 0.410 e. The number of hydrogen-bond acceptors (Lipinski definition) is 4. The normalized spacial score (nSPS) is 17.7. The molecule has 2 rings (SSSR count). The van der Waals surface area contributed by atoms with Crippen LogP contribution in [0, 0.1) is 0 Å². The van der Waals surface area contributed by atoms with Gasteiger partial charge in [0, 0.05) is 0 Å². The van der Waals surface area contributed by atoms with Gasteiger partial charge >= 0.3 is 6.09 Å². The summed E-state index contributed by atoms with van der Waals surface area (Å²) in [5.74, 6) is 0. The fraction of sp³-hybridized carbons (Fsp3) is 0.462. The first-order valence-electron chi connectivity index (χ1n) is 6.05. The van der Waals surface area contributed by atoms with Gasteiger partial charge in [-0.25, -0.2) is 4.79 Å². The number of amides is 1. The molecule has 1 fully saturated rings. The van der Waals surface area contributed by atoms with Gasteiger partial charge in [0.2, 0.25) is 0 Å². The van der Waals surface area contributed by atoms with Crippen molar-refractivity contribution in [3.05, 3.63) is 35.9 Å². The van der Waals surface area contributed by atoms with Crippen LogP contribution in [0.5, 0.6) is 0 Å². The van der Waals surface area contributed by atoms with E-state index >= 15 is 0 Å². The highest BCUT2D eigenvalue weighted by Gasteiger charge is 2.52. The molecule has 0 bridgehead atoms. The van der Waals surface area contributed by atoms with Crippen LogP contribution in [0.25, 0.3) is 0 Å². The van der Waals surface area contributed by atoms with Crippen LogP contribution in [-0.2, 0) is 15.9 Å². The molecule has 1 aromatic rings. The first-order valence-corrected chi connectivity index (χ1v) is 8.65. The monoisotopic (exact) mass is 283 g/mol. The van der Waals surface area contributed by atoms with Gasteiger partial charge in [-0.05, 0) is 18.9 Å². The fourth-order valence-electron chi connectivity index (χ4n) is 1.85. The molecule has 1 N–H and O–H groups in total. The van der Waals surface area contributed by atoms with Gasteiger partial charge in [-0.2, -0.15) is 0 Å². The average Bonchev–Trinajstić information content (AvgIpc) is 2.32. The summed E-state index contributed by atoms with van der Waals surface area (Å²) >= 11 is 0. The van der Waals surface area contributed by atoms with E-state index in [-0.39, 0.29) is 19.7 Å². The number of benzene rings is 1. The van der Waals surface area contributed by atoms with E-state index in [9.17, 15) is 14.5 Å². The van der Waals surface area contributed by atoms with Crippen molar-refractivity contribution in [2.75, 3.05) is 26.4 Å². The zero-order valence-corrected chi connectivity index (χ0v) is 12.0. The molecule has 5 nitrogen and oxygen atoms in total. The van der Waals surface area contributed by atoms with Crippen molar-refractivity contribution >= 4 is 13.2 Å². The van der Waals surface area contributed by atoms with Gasteiger partial charge in [0.1, 0.15) is 13.7 Å². The molecule has 1 aromatic carbocycles. The van der Waals surface area contributed by atoms with Crippen molar-refractivity contribution < 1.29 is 19.2 Å². The maximum atomic E-state index is 11.8. The van der Waals surface area contributed by atoms with E-state index in [2.05, 4.69) is 0 Å². The Hall–Kier alpha value is -1.32. The lowest BCUT2D eigenvalue weighted by atomic mass is 10.2. The van der Waals surface area contributed by atoms with Gasteiger partial charge in [-0.15, -0.1) is 0 Å². The fourth-order valence-corrected chi connectivity index (χ4v) is 2.87. The Bertz CT molecular complexity index is 505. The first-order chi connectivity index (χ1) is 8.82. The highest BCUT2D eigenvalue weighted by Crippen LogP contribution is 2.54.